The van der Waals surface area contributed by atoms with Crippen LogP contribution in [0, 0.1) is 10.8 Å². The maximum Gasteiger partial charge on any atom is 0.0543 e. The summed E-state index contributed by atoms with van der Waals surface area (Å²) in [6.07, 6.45) is 0. The van der Waals surface area contributed by atoms with Gasteiger partial charge in [-0.2, -0.15) is 0 Å². The second kappa shape index (κ2) is 13.7. The van der Waals surface area contributed by atoms with Crippen molar-refractivity contribution in [3.05, 3.63) is 205 Å². The lowest BCUT2D eigenvalue weighted by Gasteiger charge is -2.53. The van der Waals surface area contributed by atoms with E-state index in [1.807, 2.05) is 0 Å². The van der Waals surface area contributed by atoms with E-state index in [1.165, 1.54) is 60.3 Å². The maximum absolute atomic E-state index is 2.58. The van der Waals surface area contributed by atoms with Crippen molar-refractivity contribution in [2.45, 2.75) is 47.0 Å². The molecule has 0 aromatic heterocycles. The average molecular weight is 763 g/mol. The molecule has 0 bridgehead atoms. The van der Waals surface area contributed by atoms with Crippen molar-refractivity contribution in [3.8, 4) is 11.1 Å². The van der Waals surface area contributed by atoms with Gasteiger partial charge in [-0.15, -0.1) is 0 Å². The van der Waals surface area contributed by atoms with Gasteiger partial charge in [-0.05, 0) is 127 Å². The molecule has 9 aromatic rings. The summed E-state index contributed by atoms with van der Waals surface area (Å²) in [6, 6.07) is 71.4. The van der Waals surface area contributed by atoms with Crippen molar-refractivity contribution in [1.82, 2.24) is 0 Å². The number of anilines is 6. The molecular formula is C57H50N2. The monoisotopic (exact) mass is 762 g/mol. The highest BCUT2D eigenvalue weighted by Gasteiger charge is 2.59. The smallest absolute Gasteiger partial charge is 0.0543 e. The van der Waals surface area contributed by atoms with Crippen molar-refractivity contribution in [2.75, 3.05) is 9.80 Å². The summed E-state index contributed by atoms with van der Waals surface area (Å²) < 4.78 is 0. The number of hydrogen-bond acceptors (Lipinski definition) is 2. The Hall–Kier alpha value is -6.64. The molecule has 10 rings (SSSR count). The molecule has 0 amide bonds. The van der Waals surface area contributed by atoms with Crippen LogP contribution in [0.5, 0.6) is 0 Å². The number of fused-ring (bicyclic) bond motifs is 10. The zero-order valence-electron chi connectivity index (χ0n) is 34.9. The van der Waals surface area contributed by atoms with E-state index in [9.17, 15) is 0 Å². The minimum absolute atomic E-state index is 0.191. The minimum atomic E-state index is -0.398. The molecule has 1 aliphatic carbocycles. The zero-order chi connectivity index (χ0) is 40.5. The van der Waals surface area contributed by atoms with Crippen molar-refractivity contribution >= 4 is 66.4 Å². The van der Waals surface area contributed by atoms with Crippen LogP contribution >= 0.6 is 0 Å². The normalized spacial score (nSPS) is 13.4. The van der Waals surface area contributed by atoms with Crippen LogP contribution in [-0.2, 0) is 5.41 Å². The summed E-state index contributed by atoms with van der Waals surface area (Å²) in [5.74, 6) is 0. The van der Waals surface area contributed by atoms with E-state index in [0.29, 0.717) is 0 Å². The Labute approximate surface area is 349 Å². The predicted octanol–water partition coefficient (Wildman–Crippen LogP) is 16.4. The second-order valence-electron chi connectivity index (χ2n) is 18.2. The first-order valence-electron chi connectivity index (χ1n) is 21.0. The first-order chi connectivity index (χ1) is 28.6. The molecule has 2 heteroatoms. The third-order valence-electron chi connectivity index (χ3n) is 12.9. The van der Waals surface area contributed by atoms with Gasteiger partial charge in [0.15, 0.2) is 0 Å². The maximum atomic E-state index is 2.58. The minimum Gasteiger partial charge on any atom is -0.310 e. The van der Waals surface area contributed by atoms with Gasteiger partial charge in [0.05, 0.1) is 5.69 Å². The van der Waals surface area contributed by atoms with E-state index in [1.54, 1.807) is 0 Å². The van der Waals surface area contributed by atoms with E-state index < -0.39 is 5.41 Å². The molecule has 0 radical (unpaired) electrons. The van der Waals surface area contributed by atoms with Gasteiger partial charge in [0.1, 0.15) is 0 Å². The molecule has 0 saturated carbocycles. The molecule has 0 heterocycles. The van der Waals surface area contributed by atoms with Crippen LogP contribution in [0.4, 0.5) is 34.1 Å². The lowest BCUT2D eigenvalue weighted by atomic mass is 9.49. The van der Waals surface area contributed by atoms with Crippen LogP contribution in [0.3, 0.4) is 0 Å². The highest BCUT2D eigenvalue weighted by Crippen LogP contribution is 2.69. The van der Waals surface area contributed by atoms with Gasteiger partial charge in [-0.25, -0.2) is 0 Å². The molecule has 0 fully saturated rings. The Kier molecular flexibility index (Phi) is 8.54. The van der Waals surface area contributed by atoms with Crippen LogP contribution in [0.2, 0.25) is 0 Å². The van der Waals surface area contributed by atoms with E-state index in [2.05, 4.69) is 245 Å². The molecule has 288 valence electrons. The third-order valence-corrected chi connectivity index (χ3v) is 12.9. The lowest BCUT2D eigenvalue weighted by molar-refractivity contribution is 0.0965. The Balaban J connectivity index is 1.36. The Morgan fingerprint density at radius 3 is 1.20 bits per heavy atom. The van der Waals surface area contributed by atoms with Gasteiger partial charge in [-0.1, -0.05) is 169 Å². The Morgan fingerprint density at radius 2 is 0.729 bits per heavy atom. The van der Waals surface area contributed by atoms with E-state index >= 15 is 0 Å². The number of nitrogens with zero attached hydrogens (tertiary/aromatic N) is 2. The molecule has 0 N–H and O–H groups in total. The predicted molar refractivity (Wildman–Crippen MR) is 253 cm³/mol. The van der Waals surface area contributed by atoms with Gasteiger partial charge in [0, 0.05) is 39.2 Å². The van der Waals surface area contributed by atoms with Crippen LogP contribution in [0.25, 0.3) is 43.4 Å². The van der Waals surface area contributed by atoms with Crippen LogP contribution in [-0.4, -0.2) is 0 Å². The topological polar surface area (TPSA) is 6.48 Å². The summed E-state index contributed by atoms with van der Waals surface area (Å²) in [6.45, 7) is 14.8. The van der Waals surface area contributed by atoms with Crippen LogP contribution in [0.15, 0.2) is 194 Å². The summed E-state index contributed by atoms with van der Waals surface area (Å²) in [5, 5.41) is 7.70. The van der Waals surface area contributed by atoms with Gasteiger partial charge >= 0.3 is 0 Å². The largest absolute Gasteiger partial charge is 0.310 e. The molecule has 0 unspecified atom stereocenters. The van der Waals surface area contributed by atoms with Gasteiger partial charge in [-0.3, -0.25) is 0 Å². The number of rotatable bonds is 6. The van der Waals surface area contributed by atoms with Gasteiger partial charge in [0.25, 0.3) is 0 Å². The molecule has 9 aromatic carbocycles. The van der Waals surface area contributed by atoms with Crippen molar-refractivity contribution in [1.29, 1.82) is 0 Å². The van der Waals surface area contributed by atoms with E-state index in [4.69, 9.17) is 0 Å². The molecule has 0 aliphatic heterocycles. The molecule has 2 nitrogen and oxygen atoms in total. The highest BCUT2D eigenvalue weighted by atomic mass is 15.1. The van der Waals surface area contributed by atoms with Crippen LogP contribution in [0.1, 0.15) is 52.7 Å². The summed E-state index contributed by atoms with van der Waals surface area (Å²) in [5.41, 5.74) is 11.7. The van der Waals surface area contributed by atoms with Crippen molar-refractivity contribution < 1.29 is 0 Å². The van der Waals surface area contributed by atoms with Gasteiger partial charge < -0.3 is 9.80 Å². The molecule has 59 heavy (non-hydrogen) atoms. The molecule has 0 spiro atoms. The fourth-order valence-electron chi connectivity index (χ4n) is 11.1. The van der Waals surface area contributed by atoms with Crippen molar-refractivity contribution in [3.63, 3.8) is 0 Å². The Bertz CT molecular complexity index is 2900. The summed E-state index contributed by atoms with van der Waals surface area (Å²) in [7, 11) is 0. The number of benzene rings is 9. The standard InChI is InChI=1S/C57H50N2/c1-55(2,3)57(56(4,5)6)50-38-51(59(41-27-15-9-16-28-41)42-29-17-10-18-30-42)45-32-20-22-34-47(45)52(50)53-46-33-21-19-31-44(46)49-37-43(35-36-48(49)54(53)57)58(39-23-11-7-12-24-39)40-25-13-8-14-26-40/h7-38H,1-6H3. The summed E-state index contributed by atoms with van der Waals surface area (Å²) in [4.78, 5) is 4.85. The third kappa shape index (κ3) is 5.53. The first-order valence-corrected chi connectivity index (χ1v) is 21.0. The average Bonchev–Trinajstić information content (AvgIpc) is 3.59. The molecular weight excluding hydrogens is 713 g/mol. The second-order valence-corrected chi connectivity index (χ2v) is 18.2. The Morgan fingerprint density at radius 1 is 0.322 bits per heavy atom. The van der Waals surface area contributed by atoms with E-state index in [-0.39, 0.29) is 10.8 Å². The lowest BCUT2D eigenvalue weighted by Crippen LogP contribution is -2.50. The fourth-order valence-corrected chi connectivity index (χ4v) is 11.1. The molecule has 0 saturated heterocycles. The molecule has 1 aliphatic rings. The summed E-state index contributed by atoms with van der Waals surface area (Å²) >= 11 is 0. The van der Waals surface area contributed by atoms with Crippen molar-refractivity contribution in [2.24, 2.45) is 10.8 Å². The fraction of sp³-hybridized carbons (Fsp3) is 0.158. The van der Waals surface area contributed by atoms with E-state index in [0.717, 1.165) is 28.4 Å². The highest BCUT2D eigenvalue weighted by molar-refractivity contribution is 6.23. The van der Waals surface area contributed by atoms with Gasteiger partial charge in [0.2, 0.25) is 0 Å². The quantitative estimate of drug-likeness (QED) is 0.156. The molecule has 0 atom stereocenters. The first kappa shape index (κ1) is 36.7. The zero-order valence-corrected chi connectivity index (χ0v) is 34.9. The number of para-hydroxylation sites is 4. The number of hydrogen-bond donors (Lipinski definition) is 0. The van der Waals surface area contributed by atoms with Crippen LogP contribution < -0.4 is 9.80 Å². The SMILES string of the molecule is CC(C)(C)C1(C(C)(C)C)c2cc(N(c3ccccc3)c3ccccc3)c3ccccc3c2-c2c1c1ccc(N(c3ccccc3)c3ccccc3)cc1c1ccccc21.